The number of nitrogens with one attached hydrogen (secondary N) is 2. The fourth-order valence-electron chi connectivity index (χ4n) is 6.32. The van der Waals surface area contributed by atoms with Crippen LogP contribution in [-0.4, -0.2) is 12.6 Å². The van der Waals surface area contributed by atoms with Gasteiger partial charge in [0, 0.05) is 30.2 Å². The molecule has 0 heterocycles. The molecular weight excluding hydrogens is 376 g/mol. The first-order valence-electron chi connectivity index (χ1n) is 11.8. The molecule has 0 aliphatic heterocycles. The van der Waals surface area contributed by atoms with Gasteiger partial charge >= 0.3 is 0 Å². The maximum Gasteiger partial charge on any atom is 0.0419 e. The van der Waals surface area contributed by atoms with Crippen LogP contribution < -0.4 is 10.6 Å². The molecule has 31 heavy (non-hydrogen) atoms. The van der Waals surface area contributed by atoms with E-state index >= 15 is 0 Å². The van der Waals surface area contributed by atoms with E-state index in [4.69, 9.17) is 0 Å². The van der Waals surface area contributed by atoms with Crippen molar-refractivity contribution < 1.29 is 0 Å². The van der Waals surface area contributed by atoms with Crippen molar-refractivity contribution in [2.24, 2.45) is 17.8 Å². The molecule has 2 aliphatic rings. The smallest absolute Gasteiger partial charge is 0.0419 e. The van der Waals surface area contributed by atoms with E-state index in [1.54, 1.807) is 0 Å². The molecule has 156 valence electrons. The van der Waals surface area contributed by atoms with Crippen molar-refractivity contribution in [3.8, 4) is 0 Å². The van der Waals surface area contributed by atoms with Crippen LogP contribution in [0.25, 0.3) is 21.5 Å². The van der Waals surface area contributed by atoms with E-state index in [9.17, 15) is 0 Å². The third kappa shape index (κ3) is 3.49. The van der Waals surface area contributed by atoms with Crippen LogP contribution in [0, 0.1) is 17.8 Å². The Balaban J connectivity index is 1.14. The van der Waals surface area contributed by atoms with Gasteiger partial charge in [-0.1, -0.05) is 78.9 Å². The molecule has 0 radical (unpaired) electrons. The molecule has 4 unspecified atom stereocenters. The second kappa shape index (κ2) is 8.01. The third-order valence-corrected chi connectivity index (χ3v) is 7.80. The monoisotopic (exact) mass is 406 g/mol. The Morgan fingerprint density at radius 3 is 2.29 bits per heavy atom. The fourth-order valence-corrected chi connectivity index (χ4v) is 6.32. The summed E-state index contributed by atoms with van der Waals surface area (Å²) in [5, 5.41) is 13.2. The molecule has 4 aromatic carbocycles. The Morgan fingerprint density at radius 1 is 0.710 bits per heavy atom. The second-order valence-electron chi connectivity index (χ2n) is 9.45. The Bertz CT molecular complexity index is 1200. The molecule has 2 bridgehead atoms. The molecule has 2 N–H and O–H groups in total. The van der Waals surface area contributed by atoms with E-state index in [0.29, 0.717) is 6.04 Å². The zero-order valence-electron chi connectivity index (χ0n) is 17.9. The minimum absolute atomic E-state index is 0.665. The van der Waals surface area contributed by atoms with E-state index in [0.717, 1.165) is 30.8 Å². The van der Waals surface area contributed by atoms with Gasteiger partial charge in [-0.15, -0.1) is 0 Å². The van der Waals surface area contributed by atoms with Crippen LogP contribution in [0.3, 0.4) is 0 Å². The van der Waals surface area contributed by atoms with Crippen molar-refractivity contribution in [1.82, 2.24) is 5.32 Å². The summed E-state index contributed by atoms with van der Waals surface area (Å²) in [5.74, 6) is 2.39. The van der Waals surface area contributed by atoms with Gasteiger partial charge in [-0.2, -0.15) is 0 Å². The predicted octanol–water partition coefficient (Wildman–Crippen LogP) is 6.61. The van der Waals surface area contributed by atoms with E-state index in [2.05, 4.69) is 95.6 Å². The van der Waals surface area contributed by atoms with Crippen molar-refractivity contribution in [3.63, 3.8) is 0 Å². The molecule has 0 spiro atoms. The molecule has 2 nitrogen and oxygen atoms in total. The first-order valence-corrected chi connectivity index (χ1v) is 11.8. The lowest BCUT2D eigenvalue weighted by Crippen LogP contribution is -2.34. The normalized spacial score (nSPS) is 24.8. The number of fused-ring (bicyclic) bond motifs is 4. The van der Waals surface area contributed by atoms with E-state index in [1.165, 1.54) is 52.1 Å². The van der Waals surface area contributed by atoms with E-state index in [-0.39, 0.29) is 0 Å². The van der Waals surface area contributed by atoms with Crippen LogP contribution in [0.15, 0.2) is 84.9 Å². The molecule has 2 heteroatoms. The average Bonchev–Trinajstić information content (AvgIpc) is 3.38. The van der Waals surface area contributed by atoms with Gasteiger partial charge in [0.25, 0.3) is 0 Å². The van der Waals surface area contributed by atoms with Gasteiger partial charge < -0.3 is 10.6 Å². The first kappa shape index (κ1) is 18.9. The van der Waals surface area contributed by atoms with Crippen molar-refractivity contribution in [1.29, 1.82) is 0 Å². The van der Waals surface area contributed by atoms with Crippen molar-refractivity contribution in [3.05, 3.63) is 90.5 Å². The zero-order chi connectivity index (χ0) is 20.6. The topological polar surface area (TPSA) is 24.1 Å². The van der Waals surface area contributed by atoms with Gasteiger partial charge in [-0.25, -0.2) is 0 Å². The molecular formula is C29H30N2. The molecule has 2 aliphatic carbocycles. The molecule has 0 amide bonds. The molecule has 0 aromatic heterocycles. The second-order valence-corrected chi connectivity index (χ2v) is 9.45. The highest BCUT2D eigenvalue weighted by atomic mass is 15.0. The van der Waals surface area contributed by atoms with Crippen LogP contribution >= 0.6 is 0 Å². The lowest BCUT2D eigenvalue weighted by Gasteiger charge is -2.24. The number of rotatable bonds is 6. The maximum atomic E-state index is 3.98. The summed E-state index contributed by atoms with van der Waals surface area (Å²) in [6, 6.07) is 31.4. The summed E-state index contributed by atoms with van der Waals surface area (Å²) in [7, 11) is 0. The van der Waals surface area contributed by atoms with Crippen LogP contribution in [0.5, 0.6) is 0 Å². The minimum atomic E-state index is 0.665. The third-order valence-electron chi connectivity index (χ3n) is 7.80. The predicted molar refractivity (Wildman–Crippen MR) is 131 cm³/mol. The van der Waals surface area contributed by atoms with E-state index < -0.39 is 0 Å². The van der Waals surface area contributed by atoms with E-state index in [1.807, 2.05) is 0 Å². The van der Waals surface area contributed by atoms with Gasteiger partial charge in [-0.3, -0.25) is 0 Å². The summed E-state index contributed by atoms with van der Waals surface area (Å²) >= 11 is 0. The van der Waals surface area contributed by atoms with Gasteiger partial charge in [-0.05, 0) is 64.8 Å². The molecule has 4 aromatic rings. The largest absolute Gasteiger partial charge is 0.384 e. The molecule has 2 saturated carbocycles. The van der Waals surface area contributed by atoms with Crippen molar-refractivity contribution >= 4 is 27.2 Å². The van der Waals surface area contributed by atoms with Gasteiger partial charge in [0.05, 0.1) is 0 Å². The standard InChI is InChI=1S/C29H30N2/c1-3-12-25-20(7-1)9-5-11-23(25)18-31-29-22-15-16-27(29)24(17-22)19-30-28-14-6-10-21-8-2-4-13-26(21)28/h1-14,22,24,27,29-31H,15-19H2. The summed E-state index contributed by atoms with van der Waals surface area (Å²) in [5.41, 5.74) is 2.70. The SMILES string of the molecule is c1ccc2c(CNC3C4CCC3C(CNc3cccc5ccccc35)C4)cccc2c1. The van der Waals surface area contributed by atoms with Crippen LogP contribution in [0.1, 0.15) is 24.8 Å². The lowest BCUT2D eigenvalue weighted by atomic mass is 9.88. The molecule has 6 rings (SSSR count). The average molecular weight is 407 g/mol. The Morgan fingerprint density at radius 2 is 1.42 bits per heavy atom. The van der Waals surface area contributed by atoms with Crippen LogP contribution in [-0.2, 0) is 6.54 Å². The summed E-state index contributed by atoms with van der Waals surface area (Å²) in [4.78, 5) is 0. The number of hydrogen-bond donors (Lipinski definition) is 2. The summed E-state index contributed by atoms with van der Waals surface area (Å²) < 4.78 is 0. The van der Waals surface area contributed by atoms with Crippen LogP contribution in [0.4, 0.5) is 5.69 Å². The molecule has 4 atom stereocenters. The maximum absolute atomic E-state index is 3.98. The minimum Gasteiger partial charge on any atom is -0.384 e. The van der Waals surface area contributed by atoms with Crippen LogP contribution in [0.2, 0.25) is 0 Å². The number of anilines is 1. The highest BCUT2D eigenvalue weighted by Gasteiger charge is 2.47. The summed E-state index contributed by atoms with van der Waals surface area (Å²) in [6.07, 6.45) is 4.12. The number of hydrogen-bond acceptors (Lipinski definition) is 2. The quantitative estimate of drug-likeness (QED) is 0.376. The summed E-state index contributed by atoms with van der Waals surface area (Å²) in [6.45, 7) is 2.06. The molecule has 2 fully saturated rings. The molecule has 0 saturated heterocycles. The lowest BCUT2D eigenvalue weighted by molar-refractivity contribution is 0.336. The highest BCUT2D eigenvalue weighted by molar-refractivity contribution is 5.93. The van der Waals surface area contributed by atoms with Crippen molar-refractivity contribution in [2.75, 3.05) is 11.9 Å². The zero-order valence-corrected chi connectivity index (χ0v) is 17.9. The Hall–Kier alpha value is -2.84. The Labute approximate surface area is 184 Å². The van der Waals surface area contributed by atoms with Gasteiger partial charge in [0.2, 0.25) is 0 Å². The van der Waals surface area contributed by atoms with Gasteiger partial charge in [0.15, 0.2) is 0 Å². The first-order chi connectivity index (χ1) is 15.4. The number of benzene rings is 4. The highest BCUT2D eigenvalue weighted by Crippen LogP contribution is 2.48. The van der Waals surface area contributed by atoms with Gasteiger partial charge in [0.1, 0.15) is 0 Å². The van der Waals surface area contributed by atoms with Crippen molar-refractivity contribution in [2.45, 2.75) is 31.8 Å². The fraction of sp³-hybridized carbons (Fsp3) is 0.310. The Kier molecular flexibility index (Phi) is 4.88.